The third-order valence-electron chi connectivity index (χ3n) is 4.55. The molecule has 1 atom stereocenters. The zero-order valence-electron chi connectivity index (χ0n) is 14.9. The van der Waals surface area contributed by atoms with Gasteiger partial charge >= 0.3 is 6.03 Å². The lowest BCUT2D eigenvalue weighted by molar-refractivity contribution is 0.247. The van der Waals surface area contributed by atoms with Gasteiger partial charge in [-0.2, -0.15) is 5.10 Å². The van der Waals surface area contributed by atoms with E-state index in [-0.39, 0.29) is 17.9 Å². The van der Waals surface area contributed by atoms with Crippen LogP contribution >= 0.6 is 11.3 Å². The van der Waals surface area contributed by atoms with Crippen molar-refractivity contribution in [2.24, 2.45) is 0 Å². The van der Waals surface area contributed by atoms with E-state index >= 15 is 0 Å². The Bertz CT molecular complexity index is 967. The molecule has 0 radical (unpaired) electrons. The molecule has 27 heavy (non-hydrogen) atoms. The molecular weight excluding hydrogens is 365 g/mol. The van der Waals surface area contributed by atoms with Gasteiger partial charge in [-0.05, 0) is 32.3 Å². The minimum Gasteiger partial charge on any atom is -0.329 e. The lowest BCUT2D eigenvalue weighted by atomic mass is 9.98. The smallest absolute Gasteiger partial charge is 0.319 e. The molecule has 0 unspecified atom stereocenters. The Morgan fingerprint density at radius 1 is 1.41 bits per heavy atom. The molecule has 0 saturated carbocycles. The summed E-state index contributed by atoms with van der Waals surface area (Å²) in [6.45, 7) is 2.30. The van der Waals surface area contributed by atoms with E-state index in [1.807, 2.05) is 6.92 Å². The van der Waals surface area contributed by atoms with Crippen molar-refractivity contribution in [3.63, 3.8) is 0 Å². The van der Waals surface area contributed by atoms with Gasteiger partial charge in [0.1, 0.15) is 5.82 Å². The standard InChI is InChI=1S/C19H20FN5OS/c1-12-22-18-16(7-4-8-17(18)27-12)24-19(26)23-14-9-21-25(11-14)10-13-5-2-3-6-15(13)20/h2-3,5-6,9,11,16H,4,7-8,10H2,1H3,(H2,23,24,26)/t16-/m1/s1. The van der Waals surface area contributed by atoms with Crippen molar-refractivity contribution >= 4 is 23.1 Å². The Morgan fingerprint density at radius 3 is 3.11 bits per heavy atom. The zero-order valence-corrected chi connectivity index (χ0v) is 15.7. The van der Waals surface area contributed by atoms with Crippen molar-refractivity contribution in [3.05, 3.63) is 63.6 Å². The summed E-state index contributed by atoms with van der Waals surface area (Å²) in [6.07, 6.45) is 6.20. The molecular formula is C19H20FN5OS. The fourth-order valence-corrected chi connectivity index (χ4v) is 4.36. The number of halogens is 1. The lowest BCUT2D eigenvalue weighted by Gasteiger charge is -2.22. The second-order valence-corrected chi connectivity index (χ2v) is 7.89. The van der Waals surface area contributed by atoms with Crippen molar-refractivity contribution < 1.29 is 9.18 Å². The Morgan fingerprint density at radius 2 is 2.26 bits per heavy atom. The molecule has 0 saturated heterocycles. The molecule has 0 bridgehead atoms. The first-order chi connectivity index (χ1) is 13.1. The number of aryl methyl sites for hydroxylation is 2. The van der Waals surface area contributed by atoms with Crippen LogP contribution in [0.25, 0.3) is 0 Å². The first-order valence-corrected chi connectivity index (χ1v) is 9.70. The maximum Gasteiger partial charge on any atom is 0.319 e. The zero-order chi connectivity index (χ0) is 18.8. The summed E-state index contributed by atoms with van der Waals surface area (Å²) < 4.78 is 15.3. The fourth-order valence-electron chi connectivity index (χ4n) is 3.32. The van der Waals surface area contributed by atoms with Gasteiger partial charge < -0.3 is 10.6 Å². The monoisotopic (exact) mass is 385 g/mol. The maximum absolute atomic E-state index is 13.7. The van der Waals surface area contributed by atoms with E-state index in [0.717, 1.165) is 30.0 Å². The van der Waals surface area contributed by atoms with Crippen LogP contribution in [-0.2, 0) is 13.0 Å². The number of thiazole rings is 1. The van der Waals surface area contributed by atoms with Gasteiger partial charge in [0, 0.05) is 16.6 Å². The number of hydrogen-bond donors (Lipinski definition) is 2. The number of rotatable bonds is 4. The van der Waals surface area contributed by atoms with Gasteiger partial charge in [0.2, 0.25) is 0 Å². The van der Waals surface area contributed by atoms with Crippen molar-refractivity contribution in [2.75, 3.05) is 5.32 Å². The number of anilines is 1. The van der Waals surface area contributed by atoms with E-state index in [0.29, 0.717) is 17.8 Å². The van der Waals surface area contributed by atoms with Crippen LogP contribution in [0.3, 0.4) is 0 Å². The van der Waals surface area contributed by atoms with E-state index < -0.39 is 0 Å². The summed E-state index contributed by atoms with van der Waals surface area (Å²) in [7, 11) is 0. The van der Waals surface area contributed by atoms with Gasteiger partial charge in [-0.25, -0.2) is 14.2 Å². The molecule has 3 aromatic rings. The molecule has 2 amide bonds. The number of hydrogen-bond acceptors (Lipinski definition) is 4. The summed E-state index contributed by atoms with van der Waals surface area (Å²) >= 11 is 1.70. The molecule has 1 aromatic carbocycles. The average molecular weight is 385 g/mol. The summed E-state index contributed by atoms with van der Waals surface area (Å²) in [5.74, 6) is -0.271. The van der Waals surface area contributed by atoms with E-state index in [2.05, 4.69) is 20.7 Å². The number of carbonyl (C=O) groups excluding carboxylic acids is 1. The predicted molar refractivity (Wildman–Crippen MR) is 102 cm³/mol. The largest absolute Gasteiger partial charge is 0.329 e. The Labute approximate surface area is 160 Å². The minimum atomic E-state index is -0.288. The van der Waals surface area contributed by atoms with E-state index in [9.17, 15) is 9.18 Å². The van der Waals surface area contributed by atoms with Crippen LogP contribution in [0, 0.1) is 12.7 Å². The highest BCUT2D eigenvalue weighted by Gasteiger charge is 2.25. The van der Waals surface area contributed by atoms with Gasteiger partial charge in [-0.1, -0.05) is 18.2 Å². The van der Waals surface area contributed by atoms with Crippen molar-refractivity contribution in [2.45, 2.75) is 38.8 Å². The van der Waals surface area contributed by atoms with Crippen molar-refractivity contribution in [3.8, 4) is 0 Å². The normalized spacial score (nSPS) is 16.0. The van der Waals surface area contributed by atoms with Crippen LogP contribution in [0.1, 0.15) is 40.0 Å². The molecule has 140 valence electrons. The van der Waals surface area contributed by atoms with Crippen LogP contribution in [0.4, 0.5) is 14.9 Å². The second-order valence-electron chi connectivity index (χ2n) is 6.60. The maximum atomic E-state index is 13.7. The average Bonchev–Trinajstić information content (AvgIpc) is 3.23. The number of fused-ring (bicyclic) bond motifs is 1. The van der Waals surface area contributed by atoms with Crippen LogP contribution in [0.5, 0.6) is 0 Å². The molecule has 1 aliphatic rings. The number of aromatic nitrogens is 3. The third kappa shape index (κ3) is 4.00. The van der Waals surface area contributed by atoms with E-state index in [1.165, 1.54) is 10.9 Å². The number of carbonyl (C=O) groups is 1. The molecule has 6 nitrogen and oxygen atoms in total. The van der Waals surface area contributed by atoms with Gasteiger partial charge in [0.15, 0.2) is 0 Å². The molecule has 0 fully saturated rings. The fraction of sp³-hybridized carbons (Fsp3) is 0.316. The molecule has 4 rings (SSSR count). The first kappa shape index (κ1) is 17.7. The summed E-state index contributed by atoms with van der Waals surface area (Å²) in [4.78, 5) is 18.2. The molecule has 2 aromatic heterocycles. The van der Waals surface area contributed by atoms with Crippen LogP contribution in [0.2, 0.25) is 0 Å². The van der Waals surface area contributed by atoms with Crippen molar-refractivity contribution in [1.29, 1.82) is 0 Å². The third-order valence-corrected chi connectivity index (χ3v) is 5.59. The number of benzene rings is 1. The highest BCUT2D eigenvalue weighted by Crippen LogP contribution is 2.33. The number of nitrogens with zero attached hydrogens (tertiary/aromatic N) is 3. The highest BCUT2D eigenvalue weighted by atomic mass is 32.1. The van der Waals surface area contributed by atoms with Crippen LogP contribution < -0.4 is 10.6 Å². The molecule has 1 aliphatic carbocycles. The van der Waals surface area contributed by atoms with Crippen LogP contribution in [-0.4, -0.2) is 20.8 Å². The number of urea groups is 1. The number of nitrogens with one attached hydrogen (secondary N) is 2. The Kier molecular flexibility index (Phi) is 4.89. The predicted octanol–water partition coefficient (Wildman–Crippen LogP) is 4.03. The van der Waals surface area contributed by atoms with Crippen LogP contribution in [0.15, 0.2) is 36.7 Å². The van der Waals surface area contributed by atoms with Gasteiger partial charge in [-0.15, -0.1) is 11.3 Å². The quantitative estimate of drug-likeness (QED) is 0.712. The van der Waals surface area contributed by atoms with Gasteiger partial charge in [-0.3, -0.25) is 4.68 Å². The first-order valence-electron chi connectivity index (χ1n) is 8.88. The van der Waals surface area contributed by atoms with Crippen molar-refractivity contribution in [1.82, 2.24) is 20.1 Å². The summed E-state index contributed by atoms with van der Waals surface area (Å²) in [5.41, 5.74) is 2.11. The van der Waals surface area contributed by atoms with E-state index in [1.54, 1.807) is 46.6 Å². The molecule has 2 N–H and O–H groups in total. The molecule has 0 spiro atoms. The molecule has 8 heteroatoms. The van der Waals surface area contributed by atoms with Gasteiger partial charge in [0.25, 0.3) is 0 Å². The number of amides is 2. The highest BCUT2D eigenvalue weighted by molar-refractivity contribution is 7.11. The molecule has 2 heterocycles. The molecule has 0 aliphatic heterocycles. The minimum absolute atomic E-state index is 0.0628. The van der Waals surface area contributed by atoms with Gasteiger partial charge in [0.05, 0.1) is 35.2 Å². The SMILES string of the molecule is Cc1nc2c(s1)CCC[C@H]2NC(=O)Nc1cnn(Cc2ccccc2F)c1. The summed E-state index contributed by atoms with van der Waals surface area (Å²) in [5, 5.41) is 11.0. The lowest BCUT2D eigenvalue weighted by Crippen LogP contribution is -2.34. The Balaban J connectivity index is 1.38. The second kappa shape index (κ2) is 7.48. The topological polar surface area (TPSA) is 71.8 Å². The summed E-state index contributed by atoms with van der Waals surface area (Å²) in [6, 6.07) is 6.22. The van der Waals surface area contributed by atoms with E-state index in [4.69, 9.17) is 0 Å². The Hall–Kier alpha value is -2.74.